The summed E-state index contributed by atoms with van der Waals surface area (Å²) < 4.78 is 0. The van der Waals surface area contributed by atoms with Crippen LogP contribution in [-0.2, 0) is 17.6 Å². The van der Waals surface area contributed by atoms with Crippen LogP contribution in [0.1, 0.15) is 36.0 Å². The highest BCUT2D eigenvalue weighted by Gasteiger charge is 2.21. The fourth-order valence-corrected chi connectivity index (χ4v) is 4.33. The van der Waals surface area contributed by atoms with Gasteiger partial charge in [-0.15, -0.1) is 11.3 Å². The molecule has 0 bridgehead atoms. The van der Waals surface area contributed by atoms with Crippen molar-refractivity contribution in [2.75, 3.05) is 5.32 Å². The van der Waals surface area contributed by atoms with E-state index in [1.54, 1.807) is 23.6 Å². The minimum atomic E-state index is -0.196. The third-order valence-corrected chi connectivity index (χ3v) is 5.76. The number of rotatable bonds is 4. The minimum Gasteiger partial charge on any atom is -0.298 e. The van der Waals surface area contributed by atoms with Gasteiger partial charge >= 0.3 is 0 Å². The third kappa shape index (κ3) is 3.65. The van der Waals surface area contributed by atoms with E-state index < -0.39 is 0 Å². The summed E-state index contributed by atoms with van der Waals surface area (Å²) >= 11 is 1.60. The van der Waals surface area contributed by atoms with Gasteiger partial charge in [0.15, 0.2) is 5.13 Å². The standard InChI is InChI=1S/C20H20N4OS/c1-2-13-7-9-17-18(11-13)26-20(23-17)24-19(25)10-8-14-12-21-15-5-3-4-6-16(15)22-14/h3-6,8,10,12-13H,2,7,9,11H2,1H3,(H,23,24,25). The first-order valence-corrected chi connectivity index (χ1v) is 9.72. The number of aromatic nitrogens is 3. The van der Waals surface area contributed by atoms with Crippen LogP contribution >= 0.6 is 11.3 Å². The van der Waals surface area contributed by atoms with Gasteiger partial charge in [0.25, 0.3) is 0 Å². The molecule has 0 aliphatic heterocycles. The Kier molecular flexibility index (Phi) is 4.75. The molecule has 0 fully saturated rings. The molecule has 3 aromatic rings. The molecule has 4 rings (SSSR count). The van der Waals surface area contributed by atoms with Crippen molar-refractivity contribution in [1.82, 2.24) is 15.0 Å². The summed E-state index contributed by atoms with van der Waals surface area (Å²) in [7, 11) is 0. The summed E-state index contributed by atoms with van der Waals surface area (Å²) in [6, 6.07) is 7.67. The Bertz CT molecular complexity index is 979. The number of amides is 1. The fourth-order valence-electron chi connectivity index (χ4n) is 3.21. The van der Waals surface area contributed by atoms with Gasteiger partial charge in [-0.05, 0) is 43.4 Å². The second kappa shape index (κ2) is 7.33. The van der Waals surface area contributed by atoms with Gasteiger partial charge < -0.3 is 0 Å². The van der Waals surface area contributed by atoms with Crippen LogP contribution < -0.4 is 5.32 Å². The van der Waals surface area contributed by atoms with Gasteiger partial charge in [-0.1, -0.05) is 25.5 Å². The van der Waals surface area contributed by atoms with Gasteiger partial charge in [0.2, 0.25) is 5.91 Å². The van der Waals surface area contributed by atoms with E-state index in [2.05, 4.69) is 27.2 Å². The first-order valence-electron chi connectivity index (χ1n) is 8.90. The van der Waals surface area contributed by atoms with Crippen LogP contribution in [0.25, 0.3) is 17.1 Å². The van der Waals surface area contributed by atoms with Gasteiger partial charge in [-0.25, -0.2) is 9.97 Å². The molecule has 0 saturated carbocycles. The summed E-state index contributed by atoms with van der Waals surface area (Å²) in [5, 5.41) is 3.56. The number of fused-ring (bicyclic) bond motifs is 2. The molecule has 0 saturated heterocycles. The van der Waals surface area contributed by atoms with Crippen molar-refractivity contribution >= 4 is 39.5 Å². The van der Waals surface area contributed by atoms with E-state index >= 15 is 0 Å². The Morgan fingerprint density at radius 1 is 1.31 bits per heavy atom. The molecule has 5 nitrogen and oxygen atoms in total. The van der Waals surface area contributed by atoms with Crippen LogP contribution in [-0.4, -0.2) is 20.9 Å². The first kappa shape index (κ1) is 16.8. The normalized spacial score (nSPS) is 16.7. The zero-order chi connectivity index (χ0) is 17.9. The van der Waals surface area contributed by atoms with Crippen LogP contribution in [0.3, 0.4) is 0 Å². The Morgan fingerprint density at radius 3 is 3.00 bits per heavy atom. The van der Waals surface area contributed by atoms with Gasteiger partial charge in [-0.2, -0.15) is 0 Å². The molecule has 1 aromatic carbocycles. The van der Waals surface area contributed by atoms with Crippen molar-refractivity contribution < 1.29 is 4.79 Å². The maximum atomic E-state index is 12.2. The van der Waals surface area contributed by atoms with Crippen molar-refractivity contribution in [2.24, 2.45) is 5.92 Å². The van der Waals surface area contributed by atoms with E-state index in [0.717, 1.165) is 35.5 Å². The number of benzene rings is 1. The highest BCUT2D eigenvalue weighted by atomic mass is 32.1. The monoisotopic (exact) mass is 364 g/mol. The fraction of sp³-hybridized carbons (Fsp3) is 0.300. The number of nitrogens with zero attached hydrogens (tertiary/aromatic N) is 3. The molecule has 6 heteroatoms. The van der Waals surface area contributed by atoms with Gasteiger partial charge in [0, 0.05) is 11.0 Å². The van der Waals surface area contributed by atoms with E-state index in [-0.39, 0.29) is 5.91 Å². The molecule has 1 aliphatic carbocycles. The molecule has 132 valence electrons. The topological polar surface area (TPSA) is 67.8 Å². The molecule has 2 aromatic heterocycles. The van der Waals surface area contributed by atoms with E-state index in [1.807, 2.05) is 24.3 Å². The smallest absolute Gasteiger partial charge is 0.250 e. The lowest BCUT2D eigenvalue weighted by Crippen LogP contribution is -2.11. The van der Waals surface area contributed by atoms with Gasteiger partial charge in [0.1, 0.15) is 0 Å². The molecule has 1 N–H and O–H groups in total. The van der Waals surface area contributed by atoms with E-state index in [4.69, 9.17) is 0 Å². The molecule has 1 aliphatic rings. The maximum Gasteiger partial charge on any atom is 0.250 e. The molecule has 0 radical (unpaired) electrons. The summed E-state index contributed by atoms with van der Waals surface area (Å²) in [6.45, 7) is 2.24. The number of thiazole rings is 1. The Hall–Kier alpha value is -2.60. The largest absolute Gasteiger partial charge is 0.298 e. The van der Waals surface area contributed by atoms with Crippen molar-refractivity contribution in [3.8, 4) is 0 Å². The number of carbonyl (C=O) groups excluding carboxylic acids is 1. The molecule has 1 atom stereocenters. The number of carbonyl (C=O) groups is 1. The number of hydrogen-bond donors (Lipinski definition) is 1. The van der Waals surface area contributed by atoms with Gasteiger partial charge in [-0.3, -0.25) is 15.1 Å². The highest BCUT2D eigenvalue weighted by molar-refractivity contribution is 7.15. The van der Waals surface area contributed by atoms with Crippen molar-refractivity contribution in [3.05, 3.63) is 52.8 Å². The lowest BCUT2D eigenvalue weighted by Gasteiger charge is -2.18. The molecular formula is C20H20N4OS. The molecule has 0 spiro atoms. The van der Waals surface area contributed by atoms with Crippen LogP contribution in [0.4, 0.5) is 5.13 Å². The predicted octanol–water partition coefficient (Wildman–Crippen LogP) is 4.25. The average Bonchev–Trinajstić information content (AvgIpc) is 3.07. The number of hydrogen-bond acceptors (Lipinski definition) is 5. The van der Waals surface area contributed by atoms with Crippen LogP contribution in [0.2, 0.25) is 0 Å². The highest BCUT2D eigenvalue weighted by Crippen LogP contribution is 2.33. The first-order chi connectivity index (χ1) is 12.7. The van der Waals surface area contributed by atoms with Crippen molar-refractivity contribution in [2.45, 2.75) is 32.6 Å². The summed E-state index contributed by atoms with van der Waals surface area (Å²) in [4.78, 5) is 26.9. The Morgan fingerprint density at radius 2 is 2.15 bits per heavy atom. The second-order valence-electron chi connectivity index (χ2n) is 6.51. The van der Waals surface area contributed by atoms with Crippen molar-refractivity contribution in [3.63, 3.8) is 0 Å². The summed E-state index contributed by atoms with van der Waals surface area (Å²) in [6.07, 6.45) is 9.32. The number of nitrogens with one attached hydrogen (secondary N) is 1. The van der Waals surface area contributed by atoms with E-state index in [9.17, 15) is 4.79 Å². The molecule has 26 heavy (non-hydrogen) atoms. The SMILES string of the molecule is CCC1CCc2nc(NC(=O)C=Cc3cnc4ccccc4n3)sc2C1. The maximum absolute atomic E-state index is 12.2. The molecule has 1 unspecified atom stereocenters. The Labute approximate surface area is 156 Å². The lowest BCUT2D eigenvalue weighted by molar-refractivity contribution is -0.111. The number of aryl methyl sites for hydroxylation is 1. The quantitative estimate of drug-likeness (QED) is 0.703. The third-order valence-electron chi connectivity index (χ3n) is 4.72. The second-order valence-corrected chi connectivity index (χ2v) is 7.60. The predicted molar refractivity (Wildman–Crippen MR) is 105 cm³/mol. The lowest BCUT2D eigenvalue weighted by atomic mass is 9.89. The van der Waals surface area contributed by atoms with E-state index in [1.165, 1.54) is 23.8 Å². The zero-order valence-corrected chi connectivity index (χ0v) is 15.4. The minimum absolute atomic E-state index is 0.196. The van der Waals surface area contributed by atoms with Crippen LogP contribution in [0.15, 0.2) is 36.5 Å². The zero-order valence-electron chi connectivity index (χ0n) is 14.6. The Balaban J connectivity index is 1.43. The molecule has 1 amide bonds. The van der Waals surface area contributed by atoms with Gasteiger partial charge in [0.05, 0.1) is 28.6 Å². The van der Waals surface area contributed by atoms with E-state index in [0.29, 0.717) is 10.8 Å². The van der Waals surface area contributed by atoms with Crippen LogP contribution in [0.5, 0.6) is 0 Å². The average molecular weight is 364 g/mol. The number of anilines is 1. The number of para-hydroxylation sites is 2. The van der Waals surface area contributed by atoms with Crippen LogP contribution in [0, 0.1) is 5.92 Å². The molecule has 2 heterocycles. The molecular weight excluding hydrogens is 344 g/mol. The summed E-state index contributed by atoms with van der Waals surface area (Å²) in [5.74, 6) is 0.552. The van der Waals surface area contributed by atoms with Crippen molar-refractivity contribution in [1.29, 1.82) is 0 Å². The summed E-state index contributed by atoms with van der Waals surface area (Å²) in [5.41, 5.74) is 3.46.